The molecule has 1 amide bonds. The first kappa shape index (κ1) is 15.4. The Balaban J connectivity index is 2.33. The van der Waals surface area contributed by atoms with Gasteiger partial charge in [-0.1, -0.05) is 13.0 Å². The lowest BCUT2D eigenvalue weighted by Gasteiger charge is -2.08. The van der Waals surface area contributed by atoms with Gasteiger partial charge in [0, 0.05) is 24.9 Å². The summed E-state index contributed by atoms with van der Waals surface area (Å²) in [4.78, 5) is 15.1. The quantitative estimate of drug-likeness (QED) is 0.765. The van der Waals surface area contributed by atoms with E-state index in [9.17, 15) is 13.2 Å². The van der Waals surface area contributed by atoms with Crippen molar-refractivity contribution in [2.24, 2.45) is 0 Å². The van der Waals surface area contributed by atoms with E-state index >= 15 is 0 Å². The summed E-state index contributed by atoms with van der Waals surface area (Å²) in [5.74, 6) is 0. The zero-order valence-corrected chi connectivity index (χ0v) is 11.4. The highest BCUT2D eigenvalue weighted by atomic mass is 32.2. The number of amides is 1. The molecule has 1 aromatic rings. The van der Waals surface area contributed by atoms with Crippen LogP contribution in [0.5, 0.6) is 0 Å². The van der Waals surface area contributed by atoms with Crippen LogP contribution in [0.4, 0.5) is 4.79 Å². The predicted molar refractivity (Wildman–Crippen MR) is 69.6 cm³/mol. The van der Waals surface area contributed by atoms with Crippen LogP contribution < -0.4 is 9.44 Å². The van der Waals surface area contributed by atoms with Crippen molar-refractivity contribution in [1.29, 1.82) is 0 Å². The van der Waals surface area contributed by atoms with Crippen LogP contribution in [0, 0.1) is 0 Å². The Morgan fingerprint density at radius 1 is 1.42 bits per heavy atom. The summed E-state index contributed by atoms with van der Waals surface area (Å²) in [6.07, 6.45) is 1.71. The minimum absolute atomic E-state index is 0.146. The molecule has 2 N–H and O–H groups in total. The number of hydrogen-bond donors (Lipinski definition) is 2. The van der Waals surface area contributed by atoms with Crippen LogP contribution >= 0.6 is 0 Å². The molecule has 1 rings (SSSR count). The van der Waals surface area contributed by atoms with E-state index in [1.807, 2.05) is 13.0 Å². The van der Waals surface area contributed by atoms with Gasteiger partial charge in [0.1, 0.15) is 0 Å². The highest BCUT2D eigenvalue weighted by Gasteiger charge is 2.14. The second kappa shape index (κ2) is 7.70. The van der Waals surface area contributed by atoms with Crippen LogP contribution in [0.3, 0.4) is 0 Å². The molecule has 1 heterocycles. The smallest absolute Gasteiger partial charge is 0.421 e. The van der Waals surface area contributed by atoms with Crippen LogP contribution in [0.15, 0.2) is 24.4 Å². The first-order valence-corrected chi connectivity index (χ1v) is 7.36. The van der Waals surface area contributed by atoms with Gasteiger partial charge in [0.15, 0.2) is 0 Å². The monoisotopic (exact) mass is 287 g/mol. The standard InChI is InChI=1S/C11H17N3O4S/c1-2-9-18-11(15)14-19(16,17)13-8-6-10-5-3-4-7-12-10/h3-5,7,13H,2,6,8-9H2,1H3,(H,14,15). The number of pyridine rings is 1. The summed E-state index contributed by atoms with van der Waals surface area (Å²) in [6, 6.07) is 5.38. The van der Waals surface area contributed by atoms with Gasteiger partial charge < -0.3 is 4.74 Å². The van der Waals surface area contributed by atoms with Crippen molar-refractivity contribution >= 4 is 16.3 Å². The van der Waals surface area contributed by atoms with Crippen LogP contribution in [-0.2, 0) is 21.4 Å². The van der Waals surface area contributed by atoms with Crippen molar-refractivity contribution < 1.29 is 17.9 Å². The van der Waals surface area contributed by atoms with E-state index in [0.717, 1.165) is 5.69 Å². The average Bonchev–Trinajstić information content (AvgIpc) is 2.37. The zero-order chi connectivity index (χ0) is 14.1. The minimum Gasteiger partial charge on any atom is -0.449 e. The molecule has 0 bridgehead atoms. The Hall–Kier alpha value is -1.67. The molecule has 0 fully saturated rings. The molecule has 7 nitrogen and oxygen atoms in total. The molecular formula is C11H17N3O4S. The number of aromatic nitrogens is 1. The summed E-state index contributed by atoms with van der Waals surface area (Å²) >= 11 is 0. The van der Waals surface area contributed by atoms with Crippen molar-refractivity contribution in [2.75, 3.05) is 13.2 Å². The zero-order valence-electron chi connectivity index (χ0n) is 10.6. The lowest BCUT2D eigenvalue weighted by Crippen LogP contribution is -2.41. The molecule has 0 unspecified atom stereocenters. The molecule has 0 saturated carbocycles. The Morgan fingerprint density at radius 3 is 2.84 bits per heavy atom. The fourth-order valence-electron chi connectivity index (χ4n) is 1.23. The maximum Gasteiger partial charge on any atom is 0.421 e. The predicted octanol–water partition coefficient (Wildman–Crippen LogP) is 0.595. The van der Waals surface area contributed by atoms with Gasteiger partial charge >= 0.3 is 16.3 Å². The fraction of sp³-hybridized carbons (Fsp3) is 0.455. The van der Waals surface area contributed by atoms with Crippen molar-refractivity contribution in [3.63, 3.8) is 0 Å². The Labute approximate surface area is 112 Å². The van der Waals surface area contributed by atoms with E-state index < -0.39 is 16.3 Å². The number of rotatable bonds is 7. The molecule has 0 aromatic carbocycles. The summed E-state index contributed by atoms with van der Waals surface area (Å²) in [6.45, 7) is 2.13. The van der Waals surface area contributed by atoms with Gasteiger partial charge in [-0.3, -0.25) is 4.98 Å². The van der Waals surface area contributed by atoms with Gasteiger partial charge in [-0.2, -0.15) is 13.1 Å². The minimum atomic E-state index is -3.88. The maximum absolute atomic E-state index is 11.5. The molecule has 0 atom stereocenters. The van der Waals surface area contributed by atoms with Crippen LogP contribution in [0.2, 0.25) is 0 Å². The van der Waals surface area contributed by atoms with E-state index in [2.05, 4.69) is 14.4 Å². The van der Waals surface area contributed by atoms with Gasteiger partial charge in [0.05, 0.1) is 6.61 Å². The molecule has 106 valence electrons. The number of nitrogens with one attached hydrogen (secondary N) is 2. The molecule has 0 aliphatic heterocycles. The van der Waals surface area contributed by atoms with Gasteiger partial charge in [-0.05, 0) is 18.6 Å². The van der Waals surface area contributed by atoms with Crippen molar-refractivity contribution in [2.45, 2.75) is 19.8 Å². The molecular weight excluding hydrogens is 270 g/mol. The summed E-state index contributed by atoms with van der Waals surface area (Å²) < 4.78 is 31.5. The largest absolute Gasteiger partial charge is 0.449 e. The van der Waals surface area contributed by atoms with Gasteiger partial charge in [0.2, 0.25) is 0 Å². The highest BCUT2D eigenvalue weighted by Crippen LogP contribution is 1.93. The molecule has 0 saturated heterocycles. The van der Waals surface area contributed by atoms with Crippen LogP contribution in [0.25, 0.3) is 0 Å². The first-order chi connectivity index (χ1) is 9.03. The van der Waals surface area contributed by atoms with Crippen molar-refractivity contribution in [1.82, 2.24) is 14.4 Å². The third kappa shape index (κ3) is 6.73. The van der Waals surface area contributed by atoms with E-state index in [0.29, 0.717) is 12.8 Å². The Kier molecular flexibility index (Phi) is 6.23. The van der Waals surface area contributed by atoms with Gasteiger partial charge in [-0.15, -0.1) is 0 Å². The number of carbonyl (C=O) groups is 1. The third-order valence-corrected chi connectivity index (χ3v) is 3.07. The SMILES string of the molecule is CCCOC(=O)NS(=O)(=O)NCCc1ccccn1. The van der Waals surface area contributed by atoms with E-state index in [1.54, 1.807) is 23.1 Å². The molecule has 0 radical (unpaired) electrons. The third-order valence-electron chi connectivity index (χ3n) is 2.05. The van der Waals surface area contributed by atoms with E-state index in [4.69, 9.17) is 0 Å². The number of hydrogen-bond acceptors (Lipinski definition) is 5. The van der Waals surface area contributed by atoms with Gasteiger partial charge in [-0.25, -0.2) is 9.52 Å². The molecule has 0 aliphatic carbocycles. The van der Waals surface area contributed by atoms with E-state index in [-0.39, 0.29) is 13.2 Å². The second-order valence-corrected chi connectivity index (χ2v) is 5.21. The van der Waals surface area contributed by atoms with Crippen LogP contribution in [0.1, 0.15) is 19.0 Å². The summed E-state index contributed by atoms with van der Waals surface area (Å²) in [5, 5.41) is 0. The first-order valence-electron chi connectivity index (χ1n) is 5.87. The average molecular weight is 287 g/mol. The molecule has 8 heteroatoms. The van der Waals surface area contributed by atoms with Gasteiger partial charge in [0.25, 0.3) is 0 Å². The Morgan fingerprint density at radius 2 is 2.21 bits per heavy atom. The Bertz CT molecular complexity index is 490. The normalized spacial score (nSPS) is 11.0. The number of ether oxygens (including phenoxy) is 1. The second-order valence-electron chi connectivity index (χ2n) is 3.71. The number of carbonyl (C=O) groups excluding carboxylic acids is 1. The summed E-state index contributed by atoms with van der Waals surface area (Å²) in [7, 11) is -3.88. The molecule has 1 aromatic heterocycles. The summed E-state index contributed by atoms with van der Waals surface area (Å²) in [5.41, 5.74) is 0.763. The molecule has 19 heavy (non-hydrogen) atoms. The van der Waals surface area contributed by atoms with Crippen LogP contribution in [-0.4, -0.2) is 32.6 Å². The topological polar surface area (TPSA) is 97.4 Å². The maximum atomic E-state index is 11.5. The van der Waals surface area contributed by atoms with Crippen molar-refractivity contribution in [3.8, 4) is 0 Å². The highest BCUT2D eigenvalue weighted by molar-refractivity contribution is 7.88. The lowest BCUT2D eigenvalue weighted by molar-refractivity contribution is 0.152. The molecule has 0 aliphatic rings. The lowest BCUT2D eigenvalue weighted by atomic mass is 10.3. The van der Waals surface area contributed by atoms with Crippen molar-refractivity contribution in [3.05, 3.63) is 30.1 Å². The number of nitrogens with zero attached hydrogens (tertiary/aromatic N) is 1. The fourth-order valence-corrected chi connectivity index (χ4v) is 1.95. The molecule has 0 spiro atoms. The van der Waals surface area contributed by atoms with E-state index in [1.165, 1.54) is 0 Å².